The predicted octanol–water partition coefficient (Wildman–Crippen LogP) is 0.108. The normalized spacial score (nSPS) is 14.1. The van der Waals surface area contributed by atoms with Gasteiger partial charge in [-0.2, -0.15) is 0 Å². The highest BCUT2D eigenvalue weighted by molar-refractivity contribution is 5.72. The third-order valence-corrected chi connectivity index (χ3v) is 2.54. The summed E-state index contributed by atoms with van der Waals surface area (Å²) >= 11 is 0. The average Bonchev–Trinajstić information content (AvgIpc) is 2.25. The molecule has 0 fully saturated rings. The summed E-state index contributed by atoms with van der Waals surface area (Å²) in [6, 6.07) is 5.06. The second-order valence-electron chi connectivity index (χ2n) is 4.07. The van der Waals surface area contributed by atoms with E-state index in [0.717, 1.165) is 5.56 Å². The number of hydrogen-bond acceptors (Lipinski definition) is 4. The highest BCUT2D eigenvalue weighted by Crippen LogP contribution is 2.22. The Balaban J connectivity index is 2.74. The Kier molecular flexibility index (Phi) is 4.48. The van der Waals surface area contributed by atoms with E-state index in [-0.39, 0.29) is 12.5 Å². The SMILES string of the molecule is CC(=O)NCC(O)C(O)c1ccc(N)cc1C. The number of hydrogen-bond donors (Lipinski definition) is 4. The minimum Gasteiger partial charge on any atom is -0.399 e. The van der Waals surface area contributed by atoms with Gasteiger partial charge in [0.05, 0.1) is 0 Å². The molecule has 5 N–H and O–H groups in total. The molecule has 0 aliphatic carbocycles. The summed E-state index contributed by atoms with van der Waals surface area (Å²) in [5.74, 6) is -0.245. The lowest BCUT2D eigenvalue weighted by Gasteiger charge is -2.20. The third-order valence-electron chi connectivity index (χ3n) is 2.54. The molecule has 0 heterocycles. The highest BCUT2D eigenvalue weighted by Gasteiger charge is 2.20. The topological polar surface area (TPSA) is 95.6 Å². The van der Waals surface area contributed by atoms with Crippen LogP contribution in [0.5, 0.6) is 0 Å². The van der Waals surface area contributed by atoms with Crippen LogP contribution in [0.25, 0.3) is 0 Å². The third kappa shape index (κ3) is 3.72. The lowest BCUT2D eigenvalue weighted by atomic mass is 9.99. The van der Waals surface area contributed by atoms with E-state index in [2.05, 4.69) is 5.32 Å². The van der Waals surface area contributed by atoms with Gasteiger partial charge in [-0.1, -0.05) is 6.07 Å². The molecule has 0 bridgehead atoms. The molecule has 0 aliphatic rings. The summed E-state index contributed by atoms with van der Waals surface area (Å²) in [6.07, 6.45) is -2.08. The summed E-state index contributed by atoms with van der Waals surface area (Å²) in [7, 11) is 0. The predicted molar refractivity (Wildman–Crippen MR) is 65.2 cm³/mol. The van der Waals surface area contributed by atoms with Gasteiger partial charge in [-0.25, -0.2) is 0 Å². The fraction of sp³-hybridized carbons (Fsp3) is 0.417. The Morgan fingerprint density at radius 3 is 2.65 bits per heavy atom. The summed E-state index contributed by atoms with van der Waals surface area (Å²) in [5.41, 5.74) is 7.62. The maximum Gasteiger partial charge on any atom is 0.216 e. The Hall–Kier alpha value is -1.59. The van der Waals surface area contributed by atoms with Crippen LogP contribution in [-0.4, -0.2) is 28.8 Å². The summed E-state index contributed by atoms with van der Waals surface area (Å²) in [6.45, 7) is 3.17. The number of amides is 1. The van der Waals surface area contributed by atoms with Gasteiger partial charge in [0.1, 0.15) is 12.2 Å². The summed E-state index contributed by atoms with van der Waals surface area (Å²) in [5, 5.41) is 22.1. The van der Waals surface area contributed by atoms with Crippen molar-refractivity contribution in [1.29, 1.82) is 0 Å². The first kappa shape index (κ1) is 13.5. The van der Waals surface area contributed by atoms with Crippen molar-refractivity contribution < 1.29 is 15.0 Å². The zero-order valence-corrected chi connectivity index (χ0v) is 9.97. The Morgan fingerprint density at radius 2 is 2.12 bits per heavy atom. The van der Waals surface area contributed by atoms with Crippen LogP contribution in [0.15, 0.2) is 18.2 Å². The maximum atomic E-state index is 10.7. The van der Waals surface area contributed by atoms with E-state index in [4.69, 9.17) is 5.73 Å². The van der Waals surface area contributed by atoms with Crippen LogP contribution >= 0.6 is 0 Å². The van der Waals surface area contributed by atoms with Crippen LogP contribution < -0.4 is 11.1 Å². The van der Waals surface area contributed by atoms with Gasteiger partial charge in [0.2, 0.25) is 5.91 Å². The Bertz CT molecular complexity index is 407. The zero-order valence-electron chi connectivity index (χ0n) is 9.97. The van der Waals surface area contributed by atoms with Crippen molar-refractivity contribution in [2.75, 3.05) is 12.3 Å². The van der Waals surface area contributed by atoms with Gasteiger partial charge in [0.25, 0.3) is 0 Å². The molecular formula is C12H18N2O3. The monoisotopic (exact) mass is 238 g/mol. The molecule has 0 spiro atoms. The second kappa shape index (κ2) is 5.65. The van der Waals surface area contributed by atoms with E-state index in [9.17, 15) is 15.0 Å². The number of aliphatic hydroxyl groups is 2. The van der Waals surface area contributed by atoms with Crippen molar-refractivity contribution in [2.24, 2.45) is 0 Å². The first-order valence-corrected chi connectivity index (χ1v) is 5.38. The van der Waals surface area contributed by atoms with E-state index in [1.807, 2.05) is 0 Å². The number of rotatable bonds is 4. The average molecular weight is 238 g/mol. The number of nitrogens with two attached hydrogens (primary N) is 1. The number of anilines is 1. The van der Waals surface area contributed by atoms with E-state index in [0.29, 0.717) is 11.3 Å². The van der Waals surface area contributed by atoms with Crippen molar-refractivity contribution in [1.82, 2.24) is 5.32 Å². The number of nitrogen functional groups attached to an aromatic ring is 1. The van der Waals surface area contributed by atoms with Crippen LogP contribution in [0.1, 0.15) is 24.2 Å². The lowest BCUT2D eigenvalue weighted by Crippen LogP contribution is -2.34. The minimum atomic E-state index is -1.04. The molecule has 5 heteroatoms. The highest BCUT2D eigenvalue weighted by atomic mass is 16.3. The Morgan fingerprint density at radius 1 is 1.47 bits per heavy atom. The van der Waals surface area contributed by atoms with Crippen LogP contribution in [0.2, 0.25) is 0 Å². The Labute approximate surface area is 100 Å². The van der Waals surface area contributed by atoms with Crippen molar-refractivity contribution in [2.45, 2.75) is 26.1 Å². The van der Waals surface area contributed by atoms with Crippen molar-refractivity contribution >= 4 is 11.6 Å². The molecule has 0 saturated carbocycles. The van der Waals surface area contributed by atoms with Gasteiger partial charge in [-0.05, 0) is 30.2 Å². The van der Waals surface area contributed by atoms with Gasteiger partial charge in [-0.3, -0.25) is 4.79 Å². The number of carbonyl (C=O) groups is 1. The van der Waals surface area contributed by atoms with Gasteiger partial charge in [-0.15, -0.1) is 0 Å². The molecule has 1 rings (SSSR count). The van der Waals surface area contributed by atoms with Crippen molar-refractivity contribution in [3.8, 4) is 0 Å². The molecular weight excluding hydrogens is 220 g/mol. The van der Waals surface area contributed by atoms with Gasteiger partial charge in [0, 0.05) is 19.2 Å². The molecule has 0 aliphatic heterocycles. The molecule has 1 aromatic rings. The molecule has 5 nitrogen and oxygen atoms in total. The van der Waals surface area contributed by atoms with Gasteiger partial charge >= 0.3 is 0 Å². The molecule has 17 heavy (non-hydrogen) atoms. The van der Waals surface area contributed by atoms with Crippen LogP contribution in [0.4, 0.5) is 5.69 Å². The second-order valence-corrected chi connectivity index (χ2v) is 4.07. The number of nitrogens with one attached hydrogen (secondary N) is 1. The number of aryl methyl sites for hydroxylation is 1. The molecule has 94 valence electrons. The van der Waals surface area contributed by atoms with E-state index in [1.165, 1.54) is 6.92 Å². The molecule has 1 amide bonds. The van der Waals surface area contributed by atoms with Crippen LogP contribution in [0.3, 0.4) is 0 Å². The van der Waals surface area contributed by atoms with Crippen LogP contribution in [-0.2, 0) is 4.79 Å². The fourth-order valence-corrected chi connectivity index (χ4v) is 1.60. The van der Waals surface area contributed by atoms with Crippen LogP contribution in [0, 0.1) is 6.92 Å². The number of benzene rings is 1. The number of aliphatic hydroxyl groups excluding tert-OH is 2. The van der Waals surface area contributed by atoms with Crippen molar-refractivity contribution in [3.63, 3.8) is 0 Å². The lowest BCUT2D eigenvalue weighted by molar-refractivity contribution is -0.119. The molecule has 0 radical (unpaired) electrons. The largest absolute Gasteiger partial charge is 0.399 e. The molecule has 2 atom stereocenters. The van der Waals surface area contributed by atoms with Gasteiger partial charge < -0.3 is 21.3 Å². The smallest absolute Gasteiger partial charge is 0.216 e. The molecule has 0 saturated heterocycles. The van der Waals surface area contributed by atoms with Gasteiger partial charge in [0.15, 0.2) is 0 Å². The standard InChI is InChI=1S/C12H18N2O3/c1-7-5-9(13)3-4-10(7)12(17)11(16)6-14-8(2)15/h3-5,11-12,16-17H,6,13H2,1-2H3,(H,14,15). The number of carbonyl (C=O) groups excluding carboxylic acids is 1. The first-order chi connectivity index (χ1) is 7.91. The van der Waals surface area contributed by atoms with E-state index in [1.54, 1.807) is 25.1 Å². The molecule has 0 aromatic heterocycles. The quantitative estimate of drug-likeness (QED) is 0.560. The fourth-order valence-electron chi connectivity index (χ4n) is 1.60. The summed E-state index contributed by atoms with van der Waals surface area (Å²) < 4.78 is 0. The summed E-state index contributed by atoms with van der Waals surface area (Å²) in [4.78, 5) is 10.7. The molecule has 1 aromatic carbocycles. The van der Waals surface area contributed by atoms with E-state index < -0.39 is 12.2 Å². The minimum absolute atomic E-state index is 0.0142. The maximum absolute atomic E-state index is 10.7. The molecule has 2 unspecified atom stereocenters. The van der Waals surface area contributed by atoms with E-state index >= 15 is 0 Å². The first-order valence-electron chi connectivity index (χ1n) is 5.38. The zero-order chi connectivity index (χ0) is 13.0. The van der Waals surface area contributed by atoms with Crippen molar-refractivity contribution in [3.05, 3.63) is 29.3 Å².